The fourth-order valence-corrected chi connectivity index (χ4v) is 3.35. The van der Waals surface area contributed by atoms with Crippen LogP contribution in [0.2, 0.25) is 0 Å². The van der Waals surface area contributed by atoms with E-state index in [0.717, 1.165) is 75.7 Å². The van der Waals surface area contributed by atoms with Crippen LogP contribution in [0, 0.1) is 5.92 Å². The molecule has 29 heavy (non-hydrogen) atoms. The van der Waals surface area contributed by atoms with E-state index in [9.17, 15) is 4.79 Å². The molecule has 0 bridgehead atoms. The van der Waals surface area contributed by atoms with Gasteiger partial charge >= 0.3 is 0 Å². The molecule has 1 aliphatic heterocycles. The quantitative estimate of drug-likeness (QED) is 0.192. The molecule has 0 atom stereocenters. The summed E-state index contributed by atoms with van der Waals surface area (Å²) in [5, 5.41) is 6.70. The Bertz CT molecular complexity index is 616. The summed E-state index contributed by atoms with van der Waals surface area (Å²) in [5.74, 6) is 1.63. The smallest absolute Gasteiger partial charge is 0.220 e. The van der Waals surface area contributed by atoms with Crippen LogP contribution < -0.4 is 21.1 Å². The zero-order valence-corrected chi connectivity index (χ0v) is 20.0. The van der Waals surface area contributed by atoms with Crippen LogP contribution >= 0.6 is 24.0 Å². The van der Waals surface area contributed by atoms with Crippen LogP contribution in [0.3, 0.4) is 0 Å². The van der Waals surface area contributed by atoms with Gasteiger partial charge in [0, 0.05) is 19.0 Å². The van der Waals surface area contributed by atoms with Crippen molar-refractivity contribution in [2.45, 2.75) is 39.2 Å². The summed E-state index contributed by atoms with van der Waals surface area (Å²) in [6, 6.07) is 7.98. The SMILES string of the molecule is CCNC(=NCc1ccc(OC)cc1)NCCCCN1CCC(C(N)=O)CC1.I. The summed E-state index contributed by atoms with van der Waals surface area (Å²) in [6.45, 7) is 7.47. The van der Waals surface area contributed by atoms with Gasteiger partial charge in [0.15, 0.2) is 5.96 Å². The maximum atomic E-state index is 11.2. The molecule has 1 amide bonds. The largest absolute Gasteiger partial charge is 0.497 e. The van der Waals surface area contributed by atoms with Gasteiger partial charge in [-0.2, -0.15) is 0 Å². The van der Waals surface area contributed by atoms with Gasteiger partial charge in [-0.15, -0.1) is 24.0 Å². The Kier molecular flexibility index (Phi) is 12.7. The highest BCUT2D eigenvalue weighted by molar-refractivity contribution is 14.0. The highest BCUT2D eigenvalue weighted by Crippen LogP contribution is 2.16. The first-order chi connectivity index (χ1) is 13.6. The lowest BCUT2D eigenvalue weighted by molar-refractivity contribution is -0.123. The van der Waals surface area contributed by atoms with E-state index in [2.05, 4.69) is 27.4 Å². The number of piperidine rings is 1. The molecule has 0 aromatic heterocycles. The third-order valence-electron chi connectivity index (χ3n) is 5.11. The van der Waals surface area contributed by atoms with Crippen molar-refractivity contribution in [3.63, 3.8) is 0 Å². The molecule has 1 aromatic rings. The van der Waals surface area contributed by atoms with Crippen LogP contribution in [0.5, 0.6) is 5.75 Å². The number of rotatable bonds is 10. The number of nitrogens with two attached hydrogens (primary N) is 1. The van der Waals surface area contributed by atoms with Gasteiger partial charge in [-0.05, 0) is 69.9 Å². The Morgan fingerprint density at radius 3 is 2.48 bits per heavy atom. The Balaban J connectivity index is 0.00000420. The Labute approximate surface area is 191 Å². The van der Waals surface area contributed by atoms with Gasteiger partial charge in [0.25, 0.3) is 0 Å². The minimum absolute atomic E-state index is 0. The maximum absolute atomic E-state index is 11.2. The van der Waals surface area contributed by atoms with E-state index in [1.807, 2.05) is 24.3 Å². The van der Waals surface area contributed by atoms with E-state index in [0.29, 0.717) is 6.54 Å². The molecule has 4 N–H and O–H groups in total. The Morgan fingerprint density at radius 2 is 1.90 bits per heavy atom. The molecule has 1 heterocycles. The predicted octanol–water partition coefficient (Wildman–Crippen LogP) is 2.35. The normalized spacial score (nSPS) is 15.4. The van der Waals surface area contributed by atoms with Crippen molar-refractivity contribution in [2.24, 2.45) is 16.6 Å². The fraction of sp³-hybridized carbons (Fsp3) is 0.619. The van der Waals surface area contributed by atoms with Crippen molar-refractivity contribution in [2.75, 3.05) is 39.8 Å². The lowest BCUT2D eigenvalue weighted by Gasteiger charge is -2.30. The van der Waals surface area contributed by atoms with Crippen LogP contribution in [0.1, 0.15) is 38.2 Å². The average Bonchev–Trinajstić information content (AvgIpc) is 2.72. The molecule has 7 nitrogen and oxygen atoms in total. The summed E-state index contributed by atoms with van der Waals surface area (Å²) >= 11 is 0. The molecule has 0 unspecified atom stereocenters. The highest BCUT2D eigenvalue weighted by atomic mass is 127. The first-order valence-electron chi connectivity index (χ1n) is 10.3. The van der Waals surface area contributed by atoms with Gasteiger partial charge in [-0.1, -0.05) is 12.1 Å². The summed E-state index contributed by atoms with van der Waals surface area (Å²) in [4.78, 5) is 18.3. The first kappa shape index (κ1) is 25.5. The molecule has 0 radical (unpaired) electrons. The summed E-state index contributed by atoms with van der Waals surface area (Å²) in [5.41, 5.74) is 6.54. The standard InChI is InChI=1S/C21H35N5O2.HI/c1-3-23-21(25-16-17-6-8-19(28-2)9-7-17)24-12-4-5-13-26-14-10-18(11-15-26)20(22)27;/h6-9,18H,3-5,10-16H2,1-2H3,(H2,22,27)(H2,23,24,25);1H. The number of carbonyl (C=O) groups excluding carboxylic acids is 1. The molecular formula is C21H36IN5O2. The van der Waals surface area contributed by atoms with Crippen molar-refractivity contribution in [3.8, 4) is 5.75 Å². The molecule has 1 saturated heterocycles. The van der Waals surface area contributed by atoms with E-state index in [1.54, 1.807) is 7.11 Å². The number of amides is 1. The van der Waals surface area contributed by atoms with Crippen LogP contribution in [0.25, 0.3) is 0 Å². The van der Waals surface area contributed by atoms with Gasteiger partial charge in [0.1, 0.15) is 5.75 Å². The number of hydrogen-bond donors (Lipinski definition) is 3. The van der Waals surface area contributed by atoms with E-state index < -0.39 is 0 Å². The molecule has 8 heteroatoms. The van der Waals surface area contributed by atoms with Crippen LogP contribution in [0.15, 0.2) is 29.3 Å². The lowest BCUT2D eigenvalue weighted by atomic mass is 9.96. The van der Waals surface area contributed by atoms with Gasteiger partial charge in [-0.3, -0.25) is 4.79 Å². The van der Waals surface area contributed by atoms with Crippen LogP contribution in [-0.4, -0.2) is 56.6 Å². The average molecular weight is 517 g/mol. The zero-order chi connectivity index (χ0) is 20.2. The zero-order valence-electron chi connectivity index (χ0n) is 17.7. The summed E-state index contributed by atoms with van der Waals surface area (Å²) < 4.78 is 5.18. The molecule has 1 aliphatic rings. The Hall–Kier alpha value is -1.55. The molecule has 1 aromatic carbocycles. The number of nitrogens with zero attached hydrogens (tertiary/aromatic N) is 2. The molecule has 164 valence electrons. The highest BCUT2D eigenvalue weighted by Gasteiger charge is 2.22. The number of halogens is 1. The van der Waals surface area contributed by atoms with Crippen LogP contribution in [-0.2, 0) is 11.3 Å². The van der Waals surface area contributed by atoms with Crippen molar-refractivity contribution in [3.05, 3.63) is 29.8 Å². The number of guanidine groups is 1. The first-order valence-corrected chi connectivity index (χ1v) is 10.3. The summed E-state index contributed by atoms with van der Waals surface area (Å²) in [7, 11) is 1.67. The fourth-order valence-electron chi connectivity index (χ4n) is 3.35. The number of carbonyl (C=O) groups is 1. The van der Waals surface area contributed by atoms with Crippen LogP contribution in [0.4, 0.5) is 0 Å². The second-order valence-electron chi connectivity index (χ2n) is 7.20. The lowest BCUT2D eigenvalue weighted by Crippen LogP contribution is -2.39. The van der Waals surface area contributed by atoms with E-state index >= 15 is 0 Å². The number of aliphatic imine (C=N–C) groups is 1. The number of methoxy groups -OCH3 is 1. The minimum Gasteiger partial charge on any atom is -0.497 e. The van der Waals surface area contributed by atoms with E-state index in [1.165, 1.54) is 0 Å². The second-order valence-corrected chi connectivity index (χ2v) is 7.20. The number of hydrogen-bond acceptors (Lipinski definition) is 4. The third-order valence-corrected chi connectivity index (χ3v) is 5.11. The Morgan fingerprint density at radius 1 is 1.21 bits per heavy atom. The van der Waals surface area contributed by atoms with Gasteiger partial charge in [-0.25, -0.2) is 4.99 Å². The monoisotopic (exact) mass is 517 g/mol. The minimum atomic E-state index is -0.145. The number of ether oxygens (including phenoxy) is 1. The summed E-state index contributed by atoms with van der Waals surface area (Å²) in [6.07, 6.45) is 4.02. The van der Waals surface area contributed by atoms with Gasteiger partial charge < -0.3 is 26.0 Å². The molecule has 0 spiro atoms. The van der Waals surface area contributed by atoms with Crippen molar-refractivity contribution in [1.29, 1.82) is 0 Å². The topological polar surface area (TPSA) is 92.0 Å². The van der Waals surface area contributed by atoms with Gasteiger partial charge in [0.05, 0.1) is 13.7 Å². The number of likely N-dealkylation sites (tertiary alicyclic amines) is 1. The molecule has 0 aliphatic carbocycles. The van der Waals surface area contributed by atoms with Crippen molar-refractivity contribution >= 4 is 35.8 Å². The van der Waals surface area contributed by atoms with E-state index in [4.69, 9.17) is 10.5 Å². The second kappa shape index (κ2) is 14.4. The molecule has 2 rings (SSSR count). The van der Waals surface area contributed by atoms with Crippen molar-refractivity contribution < 1.29 is 9.53 Å². The number of primary amides is 1. The van der Waals surface area contributed by atoms with Gasteiger partial charge in [0.2, 0.25) is 5.91 Å². The number of benzene rings is 1. The number of unbranched alkanes of at least 4 members (excludes halogenated alkanes) is 1. The molecule has 1 fully saturated rings. The predicted molar refractivity (Wildman–Crippen MR) is 129 cm³/mol. The van der Waals surface area contributed by atoms with Crippen molar-refractivity contribution in [1.82, 2.24) is 15.5 Å². The molecule has 0 saturated carbocycles. The maximum Gasteiger partial charge on any atom is 0.220 e. The van der Waals surface area contributed by atoms with E-state index in [-0.39, 0.29) is 35.8 Å². The molecular weight excluding hydrogens is 481 g/mol. The number of nitrogens with one attached hydrogen (secondary N) is 2. The third kappa shape index (κ3) is 9.66.